The number of aromatic nitrogens is 4. The number of piperidine rings is 1. The first kappa shape index (κ1) is 19.4. The molecule has 1 aliphatic heterocycles. The number of hydrogen-bond donors (Lipinski definition) is 0. The monoisotopic (exact) mass is 411 g/mol. The average molecular weight is 412 g/mol. The maximum Gasteiger partial charge on any atom is 0.253 e. The second kappa shape index (κ2) is 8.21. The summed E-state index contributed by atoms with van der Waals surface area (Å²) in [6.45, 7) is 3.72. The number of nitrogens with zero attached hydrogens (tertiary/aromatic N) is 5. The smallest absolute Gasteiger partial charge is 0.253 e. The number of carbonyl (C=O) groups is 1. The summed E-state index contributed by atoms with van der Waals surface area (Å²) < 4.78 is 7.05. The maximum atomic E-state index is 13.3. The zero-order valence-corrected chi connectivity index (χ0v) is 17.1. The molecule has 3 aromatic rings. The fourth-order valence-electron chi connectivity index (χ4n) is 3.76. The molecule has 1 unspecified atom stereocenters. The standard InChI is InChI=1S/C21H22ClN5O2/c1-14-4-3-7-26(12-14)21(28)16-8-15(9-18(10-16)27-13-23-24-25-27)19-11-17(22)5-6-20(19)29-2/h5-6,8-11,13-14H,3-4,7,12H2,1-2H3. The van der Waals surface area contributed by atoms with Crippen LogP contribution in [0.5, 0.6) is 5.75 Å². The Bertz CT molecular complexity index is 1020. The van der Waals surface area contributed by atoms with Gasteiger partial charge >= 0.3 is 0 Å². The van der Waals surface area contributed by atoms with Crippen molar-refractivity contribution in [3.8, 4) is 22.6 Å². The van der Waals surface area contributed by atoms with Crippen LogP contribution < -0.4 is 4.74 Å². The van der Waals surface area contributed by atoms with Gasteiger partial charge in [0.15, 0.2) is 0 Å². The summed E-state index contributed by atoms with van der Waals surface area (Å²) in [5, 5.41) is 12.0. The van der Waals surface area contributed by atoms with Crippen LogP contribution in [0.25, 0.3) is 16.8 Å². The van der Waals surface area contributed by atoms with E-state index >= 15 is 0 Å². The van der Waals surface area contributed by atoms with Crippen LogP contribution in [0.4, 0.5) is 0 Å². The van der Waals surface area contributed by atoms with Crippen molar-refractivity contribution in [3.63, 3.8) is 0 Å². The summed E-state index contributed by atoms with van der Waals surface area (Å²) in [5.41, 5.74) is 2.90. The van der Waals surface area contributed by atoms with Crippen LogP contribution in [0, 0.1) is 5.92 Å². The molecule has 2 heterocycles. The van der Waals surface area contributed by atoms with Gasteiger partial charge in [-0.15, -0.1) is 5.10 Å². The van der Waals surface area contributed by atoms with E-state index in [-0.39, 0.29) is 5.91 Å². The summed E-state index contributed by atoms with van der Waals surface area (Å²) in [5.74, 6) is 1.19. The van der Waals surface area contributed by atoms with Crippen molar-refractivity contribution in [3.05, 3.63) is 53.3 Å². The minimum absolute atomic E-state index is 0.00807. The van der Waals surface area contributed by atoms with Crippen molar-refractivity contribution < 1.29 is 9.53 Å². The van der Waals surface area contributed by atoms with Crippen molar-refractivity contribution in [2.24, 2.45) is 5.92 Å². The predicted molar refractivity (Wildman–Crippen MR) is 110 cm³/mol. The third-order valence-corrected chi connectivity index (χ3v) is 5.43. The number of tetrazole rings is 1. The van der Waals surface area contributed by atoms with Gasteiger partial charge in [-0.25, -0.2) is 4.68 Å². The fourth-order valence-corrected chi connectivity index (χ4v) is 3.94. The summed E-state index contributed by atoms with van der Waals surface area (Å²) in [7, 11) is 1.61. The quantitative estimate of drug-likeness (QED) is 0.651. The molecule has 150 valence electrons. The molecule has 1 atom stereocenters. The van der Waals surface area contributed by atoms with E-state index in [4.69, 9.17) is 16.3 Å². The number of methoxy groups -OCH3 is 1. The molecule has 1 aliphatic rings. The summed E-state index contributed by atoms with van der Waals surface area (Å²) in [6.07, 6.45) is 3.68. The van der Waals surface area contributed by atoms with Gasteiger partial charge in [-0.2, -0.15) is 0 Å². The van der Waals surface area contributed by atoms with Gasteiger partial charge in [0, 0.05) is 29.2 Å². The van der Waals surface area contributed by atoms with E-state index in [0.717, 1.165) is 37.1 Å². The molecule has 29 heavy (non-hydrogen) atoms. The molecule has 7 nitrogen and oxygen atoms in total. The Labute approximate surface area is 174 Å². The highest BCUT2D eigenvalue weighted by atomic mass is 35.5. The van der Waals surface area contributed by atoms with Crippen LogP contribution in [-0.4, -0.2) is 51.2 Å². The molecule has 8 heteroatoms. The summed E-state index contributed by atoms with van der Waals surface area (Å²) in [4.78, 5) is 15.2. The molecular formula is C21H22ClN5O2. The number of benzene rings is 2. The number of rotatable bonds is 4. The Morgan fingerprint density at radius 3 is 2.83 bits per heavy atom. The van der Waals surface area contributed by atoms with E-state index in [2.05, 4.69) is 22.4 Å². The molecule has 0 saturated carbocycles. The van der Waals surface area contributed by atoms with Gasteiger partial charge in [0.1, 0.15) is 12.1 Å². The van der Waals surface area contributed by atoms with Crippen LogP contribution in [0.3, 0.4) is 0 Å². The Balaban J connectivity index is 1.82. The number of hydrogen-bond acceptors (Lipinski definition) is 5. The van der Waals surface area contributed by atoms with Crippen LogP contribution in [-0.2, 0) is 0 Å². The van der Waals surface area contributed by atoms with Gasteiger partial charge in [-0.1, -0.05) is 18.5 Å². The summed E-state index contributed by atoms with van der Waals surface area (Å²) >= 11 is 6.23. The average Bonchev–Trinajstić information content (AvgIpc) is 3.28. The maximum absolute atomic E-state index is 13.3. The van der Waals surface area contributed by atoms with E-state index in [1.165, 1.54) is 11.0 Å². The van der Waals surface area contributed by atoms with E-state index in [1.807, 2.05) is 35.2 Å². The van der Waals surface area contributed by atoms with E-state index < -0.39 is 0 Å². The topological polar surface area (TPSA) is 73.1 Å². The van der Waals surface area contributed by atoms with Crippen LogP contribution in [0.15, 0.2) is 42.7 Å². The highest BCUT2D eigenvalue weighted by Gasteiger charge is 2.23. The van der Waals surface area contributed by atoms with Gasteiger partial charge in [0.05, 0.1) is 12.8 Å². The fraction of sp³-hybridized carbons (Fsp3) is 0.333. The van der Waals surface area contributed by atoms with Crippen molar-refractivity contribution in [1.82, 2.24) is 25.1 Å². The van der Waals surface area contributed by atoms with Gasteiger partial charge < -0.3 is 9.64 Å². The molecule has 1 saturated heterocycles. The highest BCUT2D eigenvalue weighted by Crippen LogP contribution is 2.34. The SMILES string of the molecule is COc1ccc(Cl)cc1-c1cc(C(=O)N2CCCC(C)C2)cc(-n2cnnn2)c1. The Kier molecular flexibility index (Phi) is 5.49. The first-order chi connectivity index (χ1) is 14.0. The van der Waals surface area contributed by atoms with Gasteiger partial charge in [0.25, 0.3) is 5.91 Å². The molecule has 0 spiro atoms. The van der Waals surface area contributed by atoms with E-state index in [1.54, 1.807) is 13.2 Å². The predicted octanol–water partition coefficient (Wildman–Crippen LogP) is 3.86. The first-order valence-electron chi connectivity index (χ1n) is 9.57. The molecule has 0 bridgehead atoms. The van der Waals surface area contributed by atoms with E-state index in [0.29, 0.717) is 27.9 Å². The molecule has 4 rings (SSSR count). The number of carbonyl (C=O) groups excluding carboxylic acids is 1. The third-order valence-electron chi connectivity index (χ3n) is 5.20. The van der Waals surface area contributed by atoms with E-state index in [9.17, 15) is 4.79 Å². The van der Waals surface area contributed by atoms with Crippen molar-refractivity contribution in [1.29, 1.82) is 0 Å². The lowest BCUT2D eigenvalue weighted by Crippen LogP contribution is -2.39. The lowest BCUT2D eigenvalue weighted by molar-refractivity contribution is 0.0683. The molecule has 1 fully saturated rings. The minimum atomic E-state index is 0.00807. The van der Waals surface area contributed by atoms with Crippen LogP contribution >= 0.6 is 11.6 Å². The Morgan fingerprint density at radius 1 is 1.24 bits per heavy atom. The van der Waals surface area contributed by atoms with Gasteiger partial charge in [0.2, 0.25) is 0 Å². The number of amides is 1. The second-order valence-corrected chi connectivity index (χ2v) is 7.80. The molecule has 0 radical (unpaired) electrons. The molecule has 0 aliphatic carbocycles. The van der Waals surface area contributed by atoms with Gasteiger partial charge in [-0.3, -0.25) is 4.79 Å². The number of likely N-dealkylation sites (tertiary alicyclic amines) is 1. The lowest BCUT2D eigenvalue weighted by Gasteiger charge is -2.31. The molecule has 1 aromatic heterocycles. The molecule has 2 aromatic carbocycles. The van der Waals surface area contributed by atoms with Crippen LogP contribution in [0.2, 0.25) is 5.02 Å². The first-order valence-corrected chi connectivity index (χ1v) is 9.94. The Morgan fingerprint density at radius 2 is 2.10 bits per heavy atom. The number of halogens is 1. The normalized spacial score (nSPS) is 16.7. The highest BCUT2D eigenvalue weighted by molar-refractivity contribution is 6.31. The van der Waals surface area contributed by atoms with Crippen molar-refractivity contribution in [2.75, 3.05) is 20.2 Å². The van der Waals surface area contributed by atoms with Crippen LogP contribution in [0.1, 0.15) is 30.1 Å². The largest absolute Gasteiger partial charge is 0.496 e. The molecule has 1 amide bonds. The van der Waals surface area contributed by atoms with Crippen molar-refractivity contribution >= 4 is 17.5 Å². The summed E-state index contributed by atoms with van der Waals surface area (Å²) in [6, 6.07) is 11.0. The third kappa shape index (κ3) is 4.10. The minimum Gasteiger partial charge on any atom is -0.496 e. The zero-order valence-electron chi connectivity index (χ0n) is 16.4. The Hall–Kier alpha value is -2.93. The molecular weight excluding hydrogens is 390 g/mol. The zero-order chi connectivity index (χ0) is 20.4. The lowest BCUT2D eigenvalue weighted by atomic mass is 9.97. The second-order valence-electron chi connectivity index (χ2n) is 7.37. The van der Waals surface area contributed by atoms with Gasteiger partial charge in [-0.05, 0) is 71.1 Å². The molecule has 0 N–H and O–H groups in total. The van der Waals surface area contributed by atoms with Crippen molar-refractivity contribution in [2.45, 2.75) is 19.8 Å². The number of ether oxygens (including phenoxy) is 1.